The minimum atomic E-state index is -1.25. The molecule has 1 atom stereocenters. The highest BCUT2D eigenvalue weighted by atomic mass is 16.4. The summed E-state index contributed by atoms with van der Waals surface area (Å²) >= 11 is 0. The summed E-state index contributed by atoms with van der Waals surface area (Å²) in [5.74, 6) is 1.14. The van der Waals surface area contributed by atoms with Gasteiger partial charge in [-0.1, -0.05) is 6.07 Å². The number of aromatic nitrogens is 1. The number of hydrogen-bond donors (Lipinski definition) is 3. The second kappa shape index (κ2) is 6.41. The van der Waals surface area contributed by atoms with E-state index in [9.17, 15) is 9.90 Å². The number of carbonyl (C=O) groups excluding carboxylic acids is 1. The molecular weight excluding hydrogens is 270 g/mol. The van der Waals surface area contributed by atoms with Crippen LogP contribution in [0.3, 0.4) is 0 Å². The number of nitrogens with zero attached hydrogens (tertiary/aromatic N) is 1. The van der Waals surface area contributed by atoms with E-state index < -0.39 is 5.60 Å². The number of aliphatic hydroxyl groups is 1. The first-order valence-electron chi connectivity index (χ1n) is 6.67. The number of nitrogens with one attached hydrogen (secondary N) is 2. The van der Waals surface area contributed by atoms with Gasteiger partial charge in [0.2, 0.25) is 0 Å². The van der Waals surface area contributed by atoms with Crippen LogP contribution in [0.25, 0.3) is 0 Å². The third-order valence-corrected chi connectivity index (χ3v) is 3.04. The normalized spacial score (nSPS) is 13.5. The molecular formula is C15H19N3O3. The molecule has 0 aliphatic carbocycles. The molecule has 2 aromatic rings. The summed E-state index contributed by atoms with van der Waals surface area (Å²) in [6, 6.07) is 6.78. The Hall–Kier alpha value is -2.34. The molecule has 0 aliphatic rings. The maximum absolute atomic E-state index is 11.7. The molecule has 2 heterocycles. The number of aryl methyl sites for hydroxylation is 1. The standard InChI is InChI=1S/C15H19N3O3/c1-11-5-6-13(21-11)15(2,20)10-18-14(19)17-9-12-4-3-7-16-8-12/h3-8,20H,9-10H2,1-2H3,(H2,17,18,19). The van der Waals surface area contributed by atoms with Gasteiger partial charge in [-0.05, 0) is 37.6 Å². The van der Waals surface area contributed by atoms with Crippen LogP contribution < -0.4 is 10.6 Å². The van der Waals surface area contributed by atoms with E-state index in [1.165, 1.54) is 0 Å². The van der Waals surface area contributed by atoms with Gasteiger partial charge in [0.15, 0.2) is 0 Å². The predicted molar refractivity (Wildman–Crippen MR) is 77.5 cm³/mol. The Labute approximate surface area is 123 Å². The first kappa shape index (κ1) is 15.1. The maximum atomic E-state index is 11.7. The molecule has 2 aromatic heterocycles. The third kappa shape index (κ3) is 4.32. The molecule has 0 fully saturated rings. The first-order valence-corrected chi connectivity index (χ1v) is 6.67. The molecule has 0 spiro atoms. The van der Waals surface area contributed by atoms with E-state index in [2.05, 4.69) is 15.6 Å². The molecule has 2 amide bonds. The van der Waals surface area contributed by atoms with Crippen molar-refractivity contribution in [1.29, 1.82) is 0 Å². The lowest BCUT2D eigenvalue weighted by Gasteiger charge is -2.21. The fourth-order valence-electron chi connectivity index (χ4n) is 1.81. The van der Waals surface area contributed by atoms with E-state index >= 15 is 0 Å². The van der Waals surface area contributed by atoms with E-state index in [-0.39, 0.29) is 12.6 Å². The van der Waals surface area contributed by atoms with Crippen molar-refractivity contribution in [3.8, 4) is 0 Å². The number of rotatable bonds is 5. The van der Waals surface area contributed by atoms with Crippen LogP contribution in [0.2, 0.25) is 0 Å². The number of hydrogen-bond acceptors (Lipinski definition) is 4. The molecule has 1 unspecified atom stereocenters. The average Bonchev–Trinajstić information content (AvgIpc) is 2.92. The Bertz CT molecular complexity index is 593. The Morgan fingerprint density at radius 1 is 1.38 bits per heavy atom. The Morgan fingerprint density at radius 3 is 2.81 bits per heavy atom. The molecule has 0 aliphatic heterocycles. The topological polar surface area (TPSA) is 87.4 Å². The molecule has 21 heavy (non-hydrogen) atoms. The molecule has 3 N–H and O–H groups in total. The third-order valence-electron chi connectivity index (χ3n) is 3.04. The monoisotopic (exact) mass is 289 g/mol. The fraction of sp³-hybridized carbons (Fsp3) is 0.333. The molecule has 0 radical (unpaired) electrons. The Morgan fingerprint density at radius 2 is 2.19 bits per heavy atom. The first-order chi connectivity index (χ1) is 9.97. The lowest BCUT2D eigenvalue weighted by molar-refractivity contribution is 0.0359. The highest BCUT2D eigenvalue weighted by molar-refractivity contribution is 5.73. The zero-order chi connectivity index (χ0) is 15.3. The zero-order valence-electron chi connectivity index (χ0n) is 12.1. The number of furan rings is 1. The molecule has 0 bridgehead atoms. The number of amides is 2. The minimum absolute atomic E-state index is 0.0544. The van der Waals surface area contributed by atoms with Crippen molar-refractivity contribution < 1.29 is 14.3 Å². The number of carbonyl (C=O) groups is 1. The predicted octanol–water partition coefficient (Wildman–Crippen LogP) is 1.69. The van der Waals surface area contributed by atoms with Gasteiger partial charge in [-0.2, -0.15) is 0 Å². The summed E-state index contributed by atoms with van der Waals surface area (Å²) in [6.07, 6.45) is 3.36. The van der Waals surface area contributed by atoms with Crippen molar-refractivity contribution in [2.75, 3.05) is 6.54 Å². The average molecular weight is 289 g/mol. The van der Waals surface area contributed by atoms with E-state index in [0.717, 1.165) is 5.56 Å². The largest absolute Gasteiger partial charge is 0.463 e. The van der Waals surface area contributed by atoms with Gasteiger partial charge in [0.25, 0.3) is 0 Å². The summed E-state index contributed by atoms with van der Waals surface area (Å²) < 4.78 is 5.38. The van der Waals surface area contributed by atoms with Crippen LogP contribution in [0.1, 0.15) is 24.0 Å². The SMILES string of the molecule is Cc1ccc(C(C)(O)CNC(=O)NCc2cccnc2)o1. The van der Waals surface area contributed by atoms with Crippen molar-refractivity contribution in [2.24, 2.45) is 0 Å². The van der Waals surface area contributed by atoms with Crippen LogP contribution in [0.5, 0.6) is 0 Å². The highest BCUT2D eigenvalue weighted by Gasteiger charge is 2.27. The second-order valence-corrected chi connectivity index (χ2v) is 5.08. The van der Waals surface area contributed by atoms with Gasteiger partial charge in [0.1, 0.15) is 17.1 Å². The fourth-order valence-corrected chi connectivity index (χ4v) is 1.81. The molecule has 6 heteroatoms. The summed E-state index contributed by atoms with van der Waals surface area (Å²) in [7, 11) is 0. The number of urea groups is 1. The zero-order valence-corrected chi connectivity index (χ0v) is 12.1. The van der Waals surface area contributed by atoms with Crippen molar-refractivity contribution in [3.63, 3.8) is 0 Å². The van der Waals surface area contributed by atoms with E-state index in [1.807, 2.05) is 6.07 Å². The van der Waals surface area contributed by atoms with Crippen LogP contribution in [0.4, 0.5) is 4.79 Å². The molecule has 2 rings (SSSR count). The van der Waals surface area contributed by atoms with Gasteiger partial charge < -0.3 is 20.2 Å². The summed E-state index contributed by atoms with van der Waals surface area (Å²) in [6.45, 7) is 3.82. The summed E-state index contributed by atoms with van der Waals surface area (Å²) in [5, 5.41) is 15.6. The molecule has 6 nitrogen and oxygen atoms in total. The van der Waals surface area contributed by atoms with Gasteiger partial charge in [0, 0.05) is 18.9 Å². The van der Waals surface area contributed by atoms with Crippen molar-refractivity contribution >= 4 is 6.03 Å². The van der Waals surface area contributed by atoms with Gasteiger partial charge >= 0.3 is 6.03 Å². The quantitative estimate of drug-likeness (QED) is 0.781. The van der Waals surface area contributed by atoms with Gasteiger partial charge in [-0.25, -0.2) is 4.79 Å². The Kier molecular flexibility index (Phi) is 4.59. The van der Waals surface area contributed by atoms with Crippen molar-refractivity contribution in [2.45, 2.75) is 26.0 Å². The molecule has 0 aromatic carbocycles. The highest BCUT2D eigenvalue weighted by Crippen LogP contribution is 2.21. The van der Waals surface area contributed by atoms with E-state index in [1.54, 1.807) is 44.4 Å². The van der Waals surface area contributed by atoms with Crippen LogP contribution >= 0.6 is 0 Å². The van der Waals surface area contributed by atoms with Crippen LogP contribution in [0.15, 0.2) is 41.1 Å². The van der Waals surface area contributed by atoms with Crippen molar-refractivity contribution in [1.82, 2.24) is 15.6 Å². The minimum Gasteiger partial charge on any atom is -0.463 e. The second-order valence-electron chi connectivity index (χ2n) is 5.08. The van der Waals surface area contributed by atoms with Gasteiger partial charge in [-0.15, -0.1) is 0 Å². The lowest BCUT2D eigenvalue weighted by atomic mass is 10.0. The summed E-state index contributed by atoms with van der Waals surface area (Å²) in [4.78, 5) is 15.7. The van der Waals surface area contributed by atoms with Gasteiger partial charge in [0.05, 0.1) is 6.54 Å². The summed E-state index contributed by atoms with van der Waals surface area (Å²) in [5.41, 5.74) is -0.346. The number of pyridine rings is 1. The molecule has 0 saturated heterocycles. The van der Waals surface area contributed by atoms with Crippen LogP contribution in [0, 0.1) is 6.92 Å². The van der Waals surface area contributed by atoms with E-state index in [4.69, 9.17) is 4.42 Å². The van der Waals surface area contributed by atoms with Crippen LogP contribution in [-0.2, 0) is 12.1 Å². The lowest BCUT2D eigenvalue weighted by Crippen LogP contribution is -2.43. The van der Waals surface area contributed by atoms with Crippen LogP contribution in [-0.4, -0.2) is 22.7 Å². The maximum Gasteiger partial charge on any atom is 0.315 e. The van der Waals surface area contributed by atoms with Gasteiger partial charge in [-0.3, -0.25) is 4.98 Å². The smallest absolute Gasteiger partial charge is 0.315 e. The Balaban J connectivity index is 1.81. The molecule has 112 valence electrons. The van der Waals surface area contributed by atoms with Crippen molar-refractivity contribution in [3.05, 3.63) is 53.7 Å². The van der Waals surface area contributed by atoms with E-state index in [0.29, 0.717) is 18.1 Å². The molecule has 0 saturated carbocycles.